The first-order chi connectivity index (χ1) is 9.50. The number of amides is 1. The number of hydrogen-bond donors (Lipinski definition) is 1. The molecule has 20 heavy (non-hydrogen) atoms. The summed E-state index contributed by atoms with van der Waals surface area (Å²) in [5.74, 6) is 0.144. The Kier molecular flexibility index (Phi) is 8.11. The minimum absolute atomic E-state index is 0. The molecule has 0 radical (unpaired) electrons. The van der Waals surface area contributed by atoms with E-state index in [0.717, 1.165) is 39.3 Å². The number of piperazine rings is 1. The molecule has 5 nitrogen and oxygen atoms in total. The standard InChI is InChI=1S/C15H31N3O2.H2/c1-13(2)15(19)16-5-11-20-12-10-17-6-8-18(9-7-17)14(3)4;/h13-14H,5-12H2,1-4H3,(H,16,19);1H. The molecule has 1 N–H and O–H groups in total. The molecule has 0 bridgehead atoms. The number of nitrogens with zero attached hydrogens (tertiary/aromatic N) is 2. The summed E-state index contributed by atoms with van der Waals surface area (Å²) in [6.07, 6.45) is 0. The van der Waals surface area contributed by atoms with Gasteiger partial charge >= 0.3 is 0 Å². The molecule has 0 atom stereocenters. The minimum Gasteiger partial charge on any atom is -0.378 e. The Balaban J connectivity index is 0.00000400. The zero-order chi connectivity index (χ0) is 15.0. The van der Waals surface area contributed by atoms with Crippen molar-refractivity contribution >= 4 is 5.91 Å². The molecule has 0 saturated carbocycles. The summed E-state index contributed by atoms with van der Waals surface area (Å²) in [7, 11) is 0. The average molecular weight is 287 g/mol. The first kappa shape index (κ1) is 17.4. The molecule has 0 aromatic carbocycles. The Morgan fingerprint density at radius 3 is 2.35 bits per heavy atom. The topological polar surface area (TPSA) is 44.8 Å². The zero-order valence-corrected chi connectivity index (χ0v) is 13.5. The van der Waals surface area contributed by atoms with Crippen LogP contribution in [-0.2, 0) is 9.53 Å². The van der Waals surface area contributed by atoms with E-state index < -0.39 is 0 Å². The van der Waals surface area contributed by atoms with Crippen LogP contribution in [0.1, 0.15) is 29.1 Å². The van der Waals surface area contributed by atoms with Crippen LogP contribution < -0.4 is 5.32 Å². The second-order valence-corrected chi connectivity index (χ2v) is 6.03. The molecule has 1 heterocycles. The van der Waals surface area contributed by atoms with Gasteiger partial charge in [0.15, 0.2) is 0 Å². The van der Waals surface area contributed by atoms with E-state index in [1.165, 1.54) is 0 Å². The van der Waals surface area contributed by atoms with Gasteiger partial charge < -0.3 is 10.1 Å². The van der Waals surface area contributed by atoms with Crippen molar-refractivity contribution in [3.8, 4) is 0 Å². The lowest BCUT2D eigenvalue weighted by molar-refractivity contribution is -0.124. The van der Waals surface area contributed by atoms with E-state index in [2.05, 4.69) is 29.0 Å². The normalized spacial score (nSPS) is 17.9. The summed E-state index contributed by atoms with van der Waals surface area (Å²) >= 11 is 0. The summed E-state index contributed by atoms with van der Waals surface area (Å²) in [6.45, 7) is 15.8. The maximum absolute atomic E-state index is 11.3. The molecule has 1 amide bonds. The number of carbonyl (C=O) groups is 1. The van der Waals surface area contributed by atoms with Crippen LogP contribution in [0.15, 0.2) is 0 Å². The third-order valence-electron chi connectivity index (χ3n) is 3.76. The van der Waals surface area contributed by atoms with Gasteiger partial charge in [0.1, 0.15) is 0 Å². The van der Waals surface area contributed by atoms with Crippen LogP contribution in [0.2, 0.25) is 0 Å². The van der Waals surface area contributed by atoms with Crippen molar-refractivity contribution in [1.29, 1.82) is 0 Å². The van der Waals surface area contributed by atoms with Gasteiger partial charge in [-0.3, -0.25) is 14.6 Å². The number of nitrogens with one attached hydrogen (secondary N) is 1. The van der Waals surface area contributed by atoms with Crippen molar-refractivity contribution in [3.63, 3.8) is 0 Å². The summed E-state index contributed by atoms with van der Waals surface area (Å²) in [5, 5.41) is 2.85. The SMILES string of the molecule is CC(C)C(=O)NCCOCCN1CCN(C(C)C)CC1.[HH]. The van der Waals surface area contributed by atoms with Crippen LogP contribution >= 0.6 is 0 Å². The van der Waals surface area contributed by atoms with Gasteiger partial charge in [0.2, 0.25) is 5.91 Å². The van der Waals surface area contributed by atoms with Crippen LogP contribution in [0.3, 0.4) is 0 Å². The predicted octanol–water partition coefficient (Wildman–Crippen LogP) is 1.05. The molecule has 5 heteroatoms. The van der Waals surface area contributed by atoms with Crippen LogP contribution in [0.25, 0.3) is 0 Å². The van der Waals surface area contributed by atoms with E-state index in [-0.39, 0.29) is 13.3 Å². The van der Waals surface area contributed by atoms with Gasteiger partial charge in [-0.25, -0.2) is 0 Å². The van der Waals surface area contributed by atoms with Gasteiger partial charge in [0.05, 0.1) is 13.2 Å². The Morgan fingerprint density at radius 1 is 1.15 bits per heavy atom. The van der Waals surface area contributed by atoms with Gasteiger partial charge in [0.25, 0.3) is 0 Å². The lowest BCUT2D eigenvalue weighted by atomic mass is 10.2. The Morgan fingerprint density at radius 2 is 1.80 bits per heavy atom. The van der Waals surface area contributed by atoms with Crippen molar-refractivity contribution < 1.29 is 11.0 Å². The zero-order valence-electron chi connectivity index (χ0n) is 13.5. The monoisotopic (exact) mass is 287 g/mol. The third kappa shape index (κ3) is 6.68. The number of rotatable bonds is 8. The summed E-state index contributed by atoms with van der Waals surface area (Å²) < 4.78 is 5.57. The molecular formula is C15H33N3O2. The molecule has 1 fully saturated rings. The van der Waals surface area contributed by atoms with Gasteiger partial charge in [-0.2, -0.15) is 0 Å². The summed E-state index contributed by atoms with van der Waals surface area (Å²) in [4.78, 5) is 16.3. The van der Waals surface area contributed by atoms with Crippen molar-refractivity contribution in [3.05, 3.63) is 0 Å². The summed E-state index contributed by atoms with van der Waals surface area (Å²) in [6, 6.07) is 0.651. The highest BCUT2D eigenvalue weighted by atomic mass is 16.5. The van der Waals surface area contributed by atoms with Crippen molar-refractivity contribution in [2.45, 2.75) is 33.7 Å². The Labute approximate surface area is 125 Å². The molecule has 0 aromatic rings. The first-order valence-electron chi connectivity index (χ1n) is 7.82. The fourth-order valence-corrected chi connectivity index (χ4v) is 2.25. The van der Waals surface area contributed by atoms with E-state index in [0.29, 0.717) is 19.2 Å². The predicted molar refractivity (Wildman–Crippen MR) is 83.9 cm³/mol. The fraction of sp³-hybridized carbons (Fsp3) is 0.933. The summed E-state index contributed by atoms with van der Waals surface area (Å²) in [5.41, 5.74) is 0. The molecule has 0 aliphatic carbocycles. The molecule has 1 saturated heterocycles. The van der Waals surface area contributed by atoms with E-state index in [1.54, 1.807) is 0 Å². The molecule has 1 aliphatic rings. The second kappa shape index (κ2) is 9.32. The number of carbonyl (C=O) groups excluding carboxylic acids is 1. The van der Waals surface area contributed by atoms with Gasteiger partial charge in [-0.15, -0.1) is 0 Å². The van der Waals surface area contributed by atoms with Gasteiger partial charge in [-0.05, 0) is 13.8 Å². The van der Waals surface area contributed by atoms with Crippen molar-refractivity contribution in [1.82, 2.24) is 15.1 Å². The highest BCUT2D eigenvalue weighted by Crippen LogP contribution is 2.05. The maximum Gasteiger partial charge on any atom is 0.222 e. The average Bonchev–Trinajstić information content (AvgIpc) is 2.42. The largest absolute Gasteiger partial charge is 0.378 e. The Bertz CT molecular complexity index is 280. The van der Waals surface area contributed by atoms with Crippen LogP contribution in [-0.4, -0.2) is 74.2 Å². The maximum atomic E-state index is 11.3. The van der Waals surface area contributed by atoms with Crippen LogP contribution in [0.5, 0.6) is 0 Å². The fourth-order valence-electron chi connectivity index (χ4n) is 2.25. The highest BCUT2D eigenvalue weighted by Gasteiger charge is 2.18. The van der Waals surface area contributed by atoms with E-state index in [1.807, 2.05) is 13.8 Å². The van der Waals surface area contributed by atoms with Gasteiger partial charge in [0, 0.05) is 52.7 Å². The quantitative estimate of drug-likeness (QED) is 0.678. The Hall–Kier alpha value is -0.650. The van der Waals surface area contributed by atoms with E-state index >= 15 is 0 Å². The number of hydrogen-bond acceptors (Lipinski definition) is 4. The number of ether oxygens (including phenoxy) is 1. The van der Waals surface area contributed by atoms with Crippen molar-refractivity contribution in [2.75, 3.05) is 52.5 Å². The van der Waals surface area contributed by atoms with Crippen LogP contribution in [0, 0.1) is 5.92 Å². The van der Waals surface area contributed by atoms with E-state index in [4.69, 9.17) is 4.74 Å². The molecule has 0 spiro atoms. The smallest absolute Gasteiger partial charge is 0.222 e. The third-order valence-corrected chi connectivity index (χ3v) is 3.76. The lowest BCUT2D eigenvalue weighted by Crippen LogP contribution is -2.49. The molecule has 120 valence electrons. The lowest BCUT2D eigenvalue weighted by Gasteiger charge is -2.36. The van der Waals surface area contributed by atoms with Gasteiger partial charge in [-0.1, -0.05) is 13.8 Å². The highest BCUT2D eigenvalue weighted by molar-refractivity contribution is 5.77. The molecule has 0 aromatic heterocycles. The molecular weight excluding hydrogens is 254 g/mol. The molecule has 1 aliphatic heterocycles. The van der Waals surface area contributed by atoms with E-state index in [9.17, 15) is 4.79 Å². The van der Waals surface area contributed by atoms with Crippen molar-refractivity contribution in [2.24, 2.45) is 5.92 Å². The second-order valence-electron chi connectivity index (χ2n) is 6.03. The molecule has 1 rings (SSSR count). The minimum atomic E-state index is 0. The van der Waals surface area contributed by atoms with Crippen LogP contribution in [0.4, 0.5) is 0 Å². The molecule has 0 unspecified atom stereocenters. The first-order valence-corrected chi connectivity index (χ1v) is 7.82.